The summed E-state index contributed by atoms with van der Waals surface area (Å²) in [4.78, 5) is 14.7. The van der Waals surface area contributed by atoms with Gasteiger partial charge in [0.15, 0.2) is 6.10 Å². The molecule has 0 fully saturated rings. The molecule has 1 unspecified atom stereocenters. The van der Waals surface area contributed by atoms with E-state index in [9.17, 15) is 4.79 Å². The van der Waals surface area contributed by atoms with Crippen LogP contribution in [0, 0.1) is 6.92 Å². The first-order valence-corrected chi connectivity index (χ1v) is 8.02. The molecule has 23 heavy (non-hydrogen) atoms. The number of ether oxygens (including phenoxy) is 1. The van der Waals surface area contributed by atoms with Gasteiger partial charge in [-0.2, -0.15) is 0 Å². The molecule has 1 aliphatic rings. The number of benzene rings is 2. The molecular formula is C19H22N2O2. The van der Waals surface area contributed by atoms with Gasteiger partial charge in [-0.25, -0.2) is 0 Å². The van der Waals surface area contributed by atoms with Gasteiger partial charge >= 0.3 is 0 Å². The summed E-state index contributed by atoms with van der Waals surface area (Å²) in [5.74, 6) is 0.735. The number of hydrogen-bond acceptors (Lipinski definition) is 3. The number of fused-ring (bicyclic) bond motifs is 1. The molecule has 0 aliphatic carbocycles. The van der Waals surface area contributed by atoms with E-state index in [2.05, 4.69) is 26.0 Å². The van der Waals surface area contributed by atoms with Crippen molar-refractivity contribution in [1.82, 2.24) is 0 Å². The topological polar surface area (TPSA) is 55.6 Å². The smallest absolute Gasteiger partial charge is 0.268 e. The van der Waals surface area contributed by atoms with E-state index in [1.165, 1.54) is 5.56 Å². The second-order valence-corrected chi connectivity index (χ2v) is 5.95. The molecule has 1 atom stereocenters. The number of aryl methyl sites for hydroxylation is 1. The number of carbonyl (C=O) groups excluding carboxylic acids is 1. The Bertz CT molecular complexity index is 727. The molecule has 3 rings (SSSR count). The minimum absolute atomic E-state index is 0.00760. The van der Waals surface area contributed by atoms with E-state index in [0.717, 1.165) is 23.4 Å². The van der Waals surface area contributed by atoms with Gasteiger partial charge in [-0.05, 0) is 42.7 Å². The lowest BCUT2D eigenvalue weighted by Gasteiger charge is -2.34. The van der Waals surface area contributed by atoms with E-state index < -0.39 is 6.10 Å². The van der Waals surface area contributed by atoms with Crippen LogP contribution >= 0.6 is 0 Å². The quantitative estimate of drug-likeness (QED) is 0.881. The lowest BCUT2D eigenvalue weighted by atomic mass is 10.0. The summed E-state index contributed by atoms with van der Waals surface area (Å²) in [6, 6.07) is 13.6. The Morgan fingerprint density at radius 3 is 2.74 bits per heavy atom. The molecule has 1 heterocycles. The zero-order valence-electron chi connectivity index (χ0n) is 13.6. The summed E-state index contributed by atoms with van der Waals surface area (Å²) in [6.07, 6.45) is 0.978. The van der Waals surface area contributed by atoms with E-state index in [1.54, 1.807) is 4.90 Å². The Morgan fingerprint density at radius 2 is 2.00 bits per heavy atom. The zero-order valence-corrected chi connectivity index (χ0v) is 13.6. The number of nitrogens with two attached hydrogens (primary N) is 1. The van der Waals surface area contributed by atoms with Crippen molar-refractivity contribution in [2.24, 2.45) is 0 Å². The highest BCUT2D eigenvalue weighted by Crippen LogP contribution is 2.36. The normalized spacial score (nSPS) is 16.9. The van der Waals surface area contributed by atoms with Crippen molar-refractivity contribution < 1.29 is 9.53 Å². The minimum atomic E-state index is -0.487. The second kappa shape index (κ2) is 6.32. The molecule has 2 N–H and O–H groups in total. The fourth-order valence-electron chi connectivity index (χ4n) is 2.96. The van der Waals surface area contributed by atoms with Gasteiger partial charge in [-0.15, -0.1) is 0 Å². The molecule has 120 valence electrons. The SMILES string of the molecule is CCCN1C(=O)C(Cc2ccccc2C)Oc2ccc(N)cc21. The molecule has 4 nitrogen and oxygen atoms in total. The van der Waals surface area contributed by atoms with Gasteiger partial charge in [-0.1, -0.05) is 31.2 Å². The van der Waals surface area contributed by atoms with E-state index in [1.807, 2.05) is 30.3 Å². The predicted molar refractivity (Wildman–Crippen MR) is 92.8 cm³/mol. The lowest BCUT2D eigenvalue weighted by Crippen LogP contribution is -2.47. The van der Waals surface area contributed by atoms with E-state index in [0.29, 0.717) is 18.7 Å². The fraction of sp³-hybridized carbons (Fsp3) is 0.316. The second-order valence-electron chi connectivity index (χ2n) is 5.95. The van der Waals surface area contributed by atoms with Crippen LogP contribution in [0.2, 0.25) is 0 Å². The third kappa shape index (κ3) is 3.02. The Labute approximate surface area is 136 Å². The summed E-state index contributed by atoms with van der Waals surface area (Å²) in [6.45, 7) is 4.79. The maximum Gasteiger partial charge on any atom is 0.268 e. The van der Waals surface area contributed by atoms with Gasteiger partial charge in [-0.3, -0.25) is 4.79 Å². The van der Waals surface area contributed by atoms with Gasteiger partial charge in [0.05, 0.1) is 5.69 Å². The predicted octanol–water partition coefficient (Wildman–Crippen LogP) is 3.32. The molecular weight excluding hydrogens is 288 g/mol. The Morgan fingerprint density at radius 1 is 1.22 bits per heavy atom. The van der Waals surface area contributed by atoms with Gasteiger partial charge in [0, 0.05) is 18.7 Å². The van der Waals surface area contributed by atoms with Crippen molar-refractivity contribution >= 4 is 17.3 Å². The Hall–Kier alpha value is -2.49. The average molecular weight is 310 g/mol. The molecule has 1 amide bonds. The number of rotatable bonds is 4. The van der Waals surface area contributed by atoms with Gasteiger partial charge in [0.2, 0.25) is 0 Å². The van der Waals surface area contributed by atoms with Crippen molar-refractivity contribution in [3.8, 4) is 5.75 Å². The number of anilines is 2. The number of nitrogen functional groups attached to an aromatic ring is 1. The maximum absolute atomic E-state index is 12.9. The van der Waals surface area contributed by atoms with Crippen molar-refractivity contribution in [3.63, 3.8) is 0 Å². The third-order valence-corrected chi connectivity index (χ3v) is 4.20. The molecule has 2 aromatic carbocycles. The molecule has 0 saturated carbocycles. The van der Waals surface area contributed by atoms with E-state index in [4.69, 9.17) is 10.5 Å². The van der Waals surface area contributed by atoms with Gasteiger partial charge < -0.3 is 15.4 Å². The molecule has 0 radical (unpaired) electrons. The average Bonchev–Trinajstić information content (AvgIpc) is 2.54. The van der Waals surface area contributed by atoms with Crippen LogP contribution in [0.1, 0.15) is 24.5 Å². The first-order valence-electron chi connectivity index (χ1n) is 8.02. The molecule has 0 spiro atoms. The summed E-state index contributed by atoms with van der Waals surface area (Å²) < 4.78 is 5.99. The van der Waals surface area contributed by atoms with Crippen LogP contribution in [0.3, 0.4) is 0 Å². The van der Waals surface area contributed by atoms with Crippen molar-refractivity contribution in [3.05, 3.63) is 53.6 Å². The minimum Gasteiger partial charge on any atom is -0.478 e. The molecule has 0 aromatic heterocycles. The molecule has 1 aliphatic heterocycles. The lowest BCUT2D eigenvalue weighted by molar-refractivity contribution is -0.126. The largest absolute Gasteiger partial charge is 0.478 e. The highest BCUT2D eigenvalue weighted by molar-refractivity contribution is 6.00. The van der Waals surface area contributed by atoms with Crippen LogP contribution in [-0.4, -0.2) is 18.6 Å². The maximum atomic E-state index is 12.9. The summed E-state index contributed by atoms with van der Waals surface area (Å²) in [5.41, 5.74) is 9.60. The standard InChI is InChI=1S/C19H22N2O2/c1-3-10-21-16-12-15(20)8-9-17(16)23-18(19(21)22)11-14-7-5-4-6-13(14)2/h4-9,12,18H,3,10-11,20H2,1-2H3. The van der Waals surface area contributed by atoms with Crippen LogP contribution < -0.4 is 15.4 Å². The van der Waals surface area contributed by atoms with Crippen molar-refractivity contribution in [2.45, 2.75) is 32.8 Å². The Kier molecular flexibility index (Phi) is 4.24. The first-order chi connectivity index (χ1) is 11.1. The number of hydrogen-bond donors (Lipinski definition) is 1. The number of nitrogens with zero attached hydrogens (tertiary/aromatic N) is 1. The van der Waals surface area contributed by atoms with E-state index in [-0.39, 0.29) is 5.91 Å². The summed E-state index contributed by atoms with van der Waals surface area (Å²) in [5, 5.41) is 0. The summed E-state index contributed by atoms with van der Waals surface area (Å²) in [7, 11) is 0. The fourth-order valence-corrected chi connectivity index (χ4v) is 2.96. The Balaban J connectivity index is 1.93. The van der Waals surface area contributed by atoms with Crippen LogP contribution in [0.25, 0.3) is 0 Å². The van der Waals surface area contributed by atoms with Crippen molar-refractivity contribution in [2.75, 3.05) is 17.2 Å². The summed E-state index contributed by atoms with van der Waals surface area (Å²) >= 11 is 0. The molecule has 0 saturated heterocycles. The van der Waals surface area contributed by atoms with Crippen LogP contribution in [0.15, 0.2) is 42.5 Å². The third-order valence-electron chi connectivity index (χ3n) is 4.20. The van der Waals surface area contributed by atoms with E-state index >= 15 is 0 Å². The first kappa shape index (κ1) is 15.4. The highest BCUT2D eigenvalue weighted by Gasteiger charge is 2.34. The number of amides is 1. The van der Waals surface area contributed by atoms with Crippen LogP contribution in [0.5, 0.6) is 5.75 Å². The van der Waals surface area contributed by atoms with Crippen molar-refractivity contribution in [1.29, 1.82) is 0 Å². The van der Waals surface area contributed by atoms with Gasteiger partial charge in [0.1, 0.15) is 5.75 Å². The zero-order chi connectivity index (χ0) is 16.4. The molecule has 0 bridgehead atoms. The molecule has 4 heteroatoms. The molecule has 2 aromatic rings. The highest BCUT2D eigenvalue weighted by atomic mass is 16.5. The number of carbonyl (C=O) groups is 1. The van der Waals surface area contributed by atoms with Gasteiger partial charge in [0.25, 0.3) is 5.91 Å². The van der Waals surface area contributed by atoms with Crippen LogP contribution in [-0.2, 0) is 11.2 Å². The van der Waals surface area contributed by atoms with Crippen LogP contribution in [0.4, 0.5) is 11.4 Å². The monoisotopic (exact) mass is 310 g/mol.